The van der Waals surface area contributed by atoms with Crippen LogP contribution in [0.25, 0.3) is 0 Å². The van der Waals surface area contributed by atoms with Gasteiger partial charge in [0.15, 0.2) is 4.87 Å². The van der Waals surface area contributed by atoms with Gasteiger partial charge in [-0.15, -0.1) is 0 Å². The average Bonchev–Trinajstić information content (AvgIpc) is 1.98. The SMILES string of the molecule is CCC1(N)C(CO)OS1(=O)=O. The molecule has 1 fully saturated rings. The molecule has 0 aromatic rings. The third-order valence-electron chi connectivity index (χ3n) is 1.97. The molecule has 5 nitrogen and oxygen atoms in total. The van der Waals surface area contributed by atoms with Crippen molar-refractivity contribution in [3.05, 3.63) is 0 Å². The molecular weight excluding hydrogens is 170 g/mol. The van der Waals surface area contributed by atoms with E-state index in [4.69, 9.17) is 10.8 Å². The molecule has 0 bridgehead atoms. The minimum atomic E-state index is -3.62. The summed E-state index contributed by atoms with van der Waals surface area (Å²) in [5.41, 5.74) is 5.46. The van der Waals surface area contributed by atoms with E-state index < -0.39 is 21.1 Å². The van der Waals surface area contributed by atoms with Crippen LogP contribution in [0.2, 0.25) is 0 Å². The maximum absolute atomic E-state index is 10.9. The predicted octanol–water partition coefficient (Wildman–Crippen LogP) is -1.23. The molecule has 0 aromatic heterocycles. The first-order chi connectivity index (χ1) is 4.98. The molecule has 0 aliphatic carbocycles. The zero-order valence-electron chi connectivity index (χ0n) is 6.15. The molecule has 2 unspecified atom stereocenters. The van der Waals surface area contributed by atoms with Crippen molar-refractivity contribution in [3.8, 4) is 0 Å². The minimum Gasteiger partial charge on any atom is -0.394 e. The van der Waals surface area contributed by atoms with Crippen molar-refractivity contribution in [2.45, 2.75) is 24.3 Å². The monoisotopic (exact) mass is 181 g/mol. The number of hydrogen-bond donors (Lipinski definition) is 2. The zero-order valence-corrected chi connectivity index (χ0v) is 6.97. The molecule has 0 amide bonds. The van der Waals surface area contributed by atoms with E-state index in [-0.39, 0.29) is 13.0 Å². The lowest BCUT2D eigenvalue weighted by molar-refractivity contribution is 0.0298. The molecule has 0 aromatic carbocycles. The van der Waals surface area contributed by atoms with Crippen molar-refractivity contribution in [2.24, 2.45) is 5.73 Å². The fraction of sp³-hybridized carbons (Fsp3) is 1.00. The molecular formula is C5H11NO4S. The summed E-state index contributed by atoms with van der Waals surface area (Å²) in [6.45, 7) is 1.28. The largest absolute Gasteiger partial charge is 0.394 e. The summed E-state index contributed by atoms with van der Waals surface area (Å²) in [6, 6.07) is 0. The molecule has 1 aliphatic rings. The molecule has 3 N–H and O–H groups in total. The van der Waals surface area contributed by atoms with Crippen molar-refractivity contribution in [1.82, 2.24) is 0 Å². The zero-order chi connectivity index (χ0) is 8.70. The Morgan fingerprint density at radius 3 is 2.45 bits per heavy atom. The smallest absolute Gasteiger partial charge is 0.289 e. The Morgan fingerprint density at radius 2 is 2.27 bits per heavy atom. The Hall–Kier alpha value is -0.170. The van der Waals surface area contributed by atoms with Gasteiger partial charge in [0.2, 0.25) is 0 Å². The summed E-state index contributed by atoms with van der Waals surface area (Å²) in [7, 11) is -3.62. The third kappa shape index (κ3) is 0.978. The molecule has 11 heavy (non-hydrogen) atoms. The first kappa shape index (κ1) is 8.92. The third-order valence-corrected chi connectivity index (χ3v) is 3.94. The normalized spacial score (nSPS) is 41.5. The number of nitrogens with two attached hydrogens (primary N) is 1. The summed E-state index contributed by atoms with van der Waals surface area (Å²) >= 11 is 0. The van der Waals surface area contributed by atoms with Crippen LogP contribution in [0, 0.1) is 0 Å². The van der Waals surface area contributed by atoms with E-state index in [1.807, 2.05) is 0 Å². The Bertz CT molecular complexity index is 249. The van der Waals surface area contributed by atoms with Crippen molar-refractivity contribution >= 4 is 10.1 Å². The van der Waals surface area contributed by atoms with E-state index in [0.29, 0.717) is 0 Å². The molecule has 1 heterocycles. The van der Waals surface area contributed by atoms with Crippen LogP contribution in [-0.2, 0) is 14.3 Å². The van der Waals surface area contributed by atoms with Crippen LogP contribution in [0.4, 0.5) is 0 Å². The van der Waals surface area contributed by atoms with E-state index in [1.54, 1.807) is 6.92 Å². The molecule has 0 radical (unpaired) electrons. The number of hydrogen-bond acceptors (Lipinski definition) is 5. The summed E-state index contributed by atoms with van der Waals surface area (Å²) in [5, 5.41) is 8.62. The molecule has 1 saturated heterocycles. The Labute approximate surface area is 65.3 Å². The van der Waals surface area contributed by atoms with Crippen LogP contribution < -0.4 is 5.73 Å². The second kappa shape index (κ2) is 2.41. The molecule has 1 rings (SSSR count). The average molecular weight is 181 g/mol. The van der Waals surface area contributed by atoms with Gasteiger partial charge in [0, 0.05) is 0 Å². The van der Waals surface area contributed by atoms with Crippen LogP contribution >= 0.6 is 0 Å². The van der Waals surface area contributed by atoms with Crippen molar-refractivity contribution in [2.75, 3.05) is 6.61 Å². The molecule has 1 aliphatic heterocycles. The van der Waals surface area contributed by atoms with Gasteiger partial charge >= 0.3 is 0 Å². The van der Waals surface area contributed by atoms with Crippen LogP contribution in [0.5, 0.6) is 0 Å². The highest BCUT2D eigenvalue weighted by molar-refractivity contribution is 7.89. The van der Waals surface area contributed by atoms with Crippen molar-refractivity contribution < 1.29 is 17.7 Å². The molecule has 66 valence electrons. The minimum absolute atomic E-state index is 0.251. The van der Waals surface area contributed by atoms with Gasteiger partial charge in [0.1, 0.15) is 6.10 Å². The summed E-state index contributed by atoms with van der Waals surface area (Å²) in [5.74, 6) is 0. The van der Waals surface area contributed by atoms with Gasteiger partial charge in [0.25, 0.3) is 10.1 Å². The van der Waals surface area contributed by atoms with E-state index in [1.165, 1.54) is 0 Å². The van der Waals surface area contributed by atoms with Gasteiger partial charge in [-0.25, -0.2) is 0 Å². The van der Waals surface area contributed by atoms with Crippen LogP contribution in [-0.4, -0.2) is 31.1 Å². The highest BCUT2D eigenvalue weighted by atomic mass is 32.2. The van der Waals surface area contributed by atoms with Crippen LogP contribution in [0.3, 0.4) is 0 Å². The Balaban J connectivity index is 2.88. The van der Waals surface area contributed by atoms with Crippen LogP contribution in [0.15, 0.2) is 0 Å². The van der Waals surface area contributed by atoms with E-state index in [9.17, 15) is 8.42 Å². The van der Waals surface area contributed by atoms with Gasteiger partial charge < -0.3 is 10.8 Å². The summed E-state index contributed by atoms with van der Waals surface area (Å²) in [4.78, 5) is -1.37. The predicted molar refractivity (Wildman–Crippen MR) is 38.1 cm³/mol. The molecule has 0 spiro atoms. The lowest BCUT2D eigenvalue weighted by atomic mass is 10.1. The van der Waals surface area contributed by atoms with Gasteiger partial charge in [-0.05, 0) is 6.42 Å². The maximum atomic E-state index is 10.9. The first-order valence-electron chi connectivity index (χ1n) is 3.30. The highest BCUT2D eigenvalue weighted by Crippen LogP contribution is 2.35. The van der Waals surface area contributed by atoms with E-state index in [0.717, 1.165) is 0 Å². The van der Waals surface area contributed by atoms with Crippen molar-refractivity contribution in [3.63, 3.8) is 0 Å². The molecule has 2 atom stereocenters. The van der Waals surface area contributed by atoms with E-state index >= 15 is 0 Å². The van der Waals surface area contributed by atoms with Crippen LogP contribution in [0.1, 0.15) is 13.3 Å². The molecule has 6 heteroatoms. The lowest BCUT2D eigenvalue weighted by Gasteiger charge is -2.42. The number of rotatable bonds is 2. The Kier molecular flexibility index (Phi) is 1.96. The fourth-order valence-corrected chi connectivity index (χ4v) is 2.40. The highest BCUT2D eigenvalue weighted by Gasteiger charge is 2.58. The van der Waals surface area contributed by atoms with Gasteiger partial charge in [-0.1, -0.05) is 6.92 Å². The Morgan fingerprint density at radius 1 is 1.73 bits per heavy atom. The van der Waals surface area contributed by atoms with Gasteiger partial charge in [-0.3, -0.25) is 4.18 Å². The van der Waals surface area contributed by atoms with Gasteiger partial charge in [-0.2, -0.15) is 8.42 Å². The summed E-state index contributed by atoms with van der Waals surface area (Å²) in [6.07, 6.45) is -0.516. The standard InChI is InChI=1S/C5H11NO4S/c1-2-5(6)4(3-7)10-11(5,8)9/h4,7H,2-3,6H2,1H3. The van der Waals surface area contributed by atoms with Crippen molar-refractivity contribution in [1.29, 1.82) is 0 Å². The first-order valence-corrected chi connectivity index (χ1v) is 4.71. The van der Waals surface area contributed by atoms with E-state index in [2.05, 4.69) is 4.18 Å². The number of aliphatic hydroxyl groups is 1. The maximum Gasteiger partial charge on any atom is 0.289 e. The molecule has 0 saturated carbocycles. The second-order valence-corrected chi connectivity index (χ2v) is 4.39. The quantitative estimate of drug-likeness (QED) is 0.521. The second-order valence-electron chi connectivity index (χ2n) is 2.53. The topological polar surface area (TPSA) is 89.6 Å². The lowest BCUT2D eigenvalue weighted by Crippen LogP contribution is -2.68. The fourth-order valence-electron chi connectivity index (χ4n) is 1.03. The number of aliphatic hydroxyl groups excluding tert-OH is 1. The summed E-state index contributed by atoms with van der Waals surface area (Å²) < 4.78 is 26.1. The van der Waals surface area contributed by atoms with Gasteiger partial charge in [0.05, 0.1) is 6.61 Å².